The molecule has 0 heterocycles. The highest BCUT2D eigenvalue weighted by Gasteiger charge is 2.20. The molecular formula is C17H27N3O. The van der Waals surface area contributed by atoms with Crippen molar-refractivity contribution in [1.29, 1.82) is 0 Å². The van der Waals surface area contributed by atoms with Gasteiger partial charge in [0.05, 0.1) is 7.11 Å². The van der Waals surface area contributed by atoms with Gasteiger partial charge in [-0.3, -0.25) is 4.99 Å². The van der Waals surface area contributed by atoms with Gasteiger partial charge in [0.25, 0.3) is 0 Å². The van der Waals surface area contributed by atoms with E-state index in [9.17, 15) is 0 Å². The van der Waals surface area contributed by atoms with Gasteiger partial charge >= 0.3 is 0 Å². The van der Waals surface area contributed by atoms with E-state index in [1.807, 2.05) is 12.1 Å². The first-order valence-electron chi connectivity index (χ1n) is 7.97. The molecule has 0 spiro atoms. The van der Waals surface area contributed by atoms with E-state index in [1.165, 1.54) is 18.4 Å². The van der Waals surface area contributed by atoms with Crippen LogP contribution in [-0.4, -0.2) is 32.7 Å². The van der Waals surface area contributed by atoms with Gasteiger partial charge in [0.2, 0.25) is 0 Å². The van der Waals surface area contributed by atoms with Gasteiger partial charge in [0.15, 0.2) is 5.96 Å². The Hall–Kier alpha value is -1.71. The summed E-state index contributed by atoms with van der Waals surface area (Å²) in [6.45, 7) is 4.91. The maximum absolute atomic E-state index is 5.25. The van der Waals surface area contributed by atoms with Crippen LogP contribution in [0, 0.1) is 5.92 Å². The fourth-order valence-corrected chi connectivity index (χ4v) is 2.19. The van der Waals surface area contributed by atoms with E-state index in [1.54, 1.807) is 7.11 Å². The molecule has 1 fully saturated rings. The number of hydrogen-bond acceptors (Lipinski definition) is 2. The molecule has 21 heavy (non-hydrogen) atoms. The second-order valence-electron chi connectivity index (χ2n) is 5.54. The van der Waals surface area contributed by atoms with Crippen molar-refractivity contribution >= 4 is 5.96 Å². The smallest absolute Gasteiger partial charge is 0.191 e. The first-order valence-corrected chi connectivity index (χ1v) is 7.97. The average molecular weight is 289 g/mol. The van der Waals surface area contributed by atoms with Crippen molar-refractivity contribution in [3.8, 4) is 5.75 Å². The summed E-state index contributed by atoms with van der Waals surface area (Å²) in [5.41, 5.74) is 1.32. The molecule has 0 unspecified atom stereocenters. The molecule has 0 bridgehead atoms. The molecule has 0 atom stereocenters. The average Bonchev–Trinajstić information content (AvgIpc) is 3.33. The minimum absolute atomic E-state index is 0.831. The van der Waals surface area contributed by atoms with Crippen LogP contribution in [0.2, 0.25) is 0 Å². The van der Waals surface area contributed by atoms with Gasteiger partial charge < -0.3 is 15.4 Å². The number of methoxy groups -OCH3 is 1. The zero-order valence-electron chi connectivity index (χ0n) is 13.2. The molecular weight excluding hydrogens is 262 g/mol. The molecule has 4 nitrogen and oxygen atoms in total. The normalized spacial score (nSPS) is 14.9. The van der Waals surface area contributed by atoms with Crippen LogP contribution in [0.15, 0.2) is 29.3 Å². The van der Waals surface area contributed by atoms with Crippen LogP contribution in [0.25, 0.3) is 0 Å². The minimum Gasteiger partial charge on any atom is -0.497 e. The number of hydrogen-bond donors (Lipinski definition) is 2. The van der Waals surface area contributed by atoms with Crippen molar-refractivity contribution in [2.24, 2.45) is 10.9 Å². The second kappa shape index (κ2) is 8.55. The lowest BCUT2D eigenvalue weighted by atomic mass is 10.1. The third-order valence-corrected chi connectivity index (χ3v) is 3.62. The van der Waals surface area contributed by atoms with E-state index in [0.29, 0.717) is 0 Å². The first-order chi connectivity index (χ1) is 10.3. The monoisotopic (exact) mass is 289 g/mol. The lowest BCUT2D eigenvalue weighted by Gasteiger charge is -2.11. The van der Waals surface area contributed by atoms with Crippen LogP contribution >= 0.6 is 0 Å². The number of nitrogens with one attached hydrogen (secondary N) is 2. The summed E-state index contributed by atoms with van der Waals surface area (Å²) in [4.78, 5) is 4.62. The zero-order valence-corrected chi connectivity index (χ0v) is 13.2. The molecule has 1 aliphatic carbocycles. The fraction of sp³-hybridized carbons (Fsp3) is 0.588. The summed E-state index contributed by atoms with van der Waals surface area (Å²) in [5.74, 6) is 2.71. The Balaban J connectivity index is 1.69. The Morgan fingerprint density at radius 3 is 2.90 bits per heavy atom. The predicted molar refractivity (Wildman–Crippen MR) is 88.0 cm³/mol. The van der Waals surface area contributed by atoms with Crippen molar-refractivity contribution in [1.82, 2.24) is 10.6 Å². The Kier molecular flexibility index (Phi) is 6.38. The van der Waals surface area contributed by atoms with E-state index in [4.69, 9.17) is 4.74 Å². The predicted octanol–water partition coefficient (Wildman–Crippen LogP) is 2.59. The van der Waals surface area contributed by atoms with Crippen LogP contribution in [0.4, 0.5) is 0 Å². The Morgan fingerprint density at radius 2 is 2.19 bits per heavy atom. The number of aliphatic imine (C=N–C) groups is 1. The largest absolute Gasteiger partial charge is 0.497 e. The molecule has 1 aliphatic rings. The van der Waals surface area contributed by atoms with Crippen LogP contribution in [0.1, 0.15) is 31.7 Å². The van der Waals surface area contributed by atoms with Crippen molar-refractivity contribution in [2.45, 2.75) is 32.6 Å². The Bertz CT molecular complexity index is 455. The van der Waals surface area contributed by atoms with Gasteiger partial charge in [-0.1, -0.05) is 12.1 Å². The van der Waals surface area contributed by atoms with Gasteiger partial charge in [0, 0.05) is 19.6 Å². The van der Waals surface area contributed by atoms with Gasteiger partial charge in [-0.25, -0.2) is 0 Å². The highest BCUT2D eigenvalue weighted by atomic mass is 16.5. The molecule has 1 aromatic carbocycles. The number of rotatable bonds is 8. The van der Waals surface area contributed by atoms with Crippen LogP contribution in [0.3, 0.4) is 0 Å². The van der Waals surface area contributed by atoms with Crippen molar-refractivity contribution in [2.75, 3.05) is 26.7 Å². The molecule has 1 aromatic rings. The molecule has 0 aliphatic heterocycles. The van der Waals surface area contributed by atoms with Gasteiger partial charge in [-0.2, -0.15) is 0 Å². The first kappa shape index (κ1) is 15.7. The summed E-state index contributed by atoms with van der Waals surface area (Å²) in [5, 5.41) is 6.71. The number of aryl methyl sites for hydroxylation is 1. The van der Waals surface area contributed by atoms with Crippen LogP contribution in [0.5, 0.6) is 5.75 Å². The van der Waals surface area contributed by atoms with Gasteiger partial charge in [-0.15, -0.1) is 0 Å². The standard InChI is InChI=1S/C17H27N3O/c1-3-18-17(20-13-15-9-10-15)19-11-5-7-14-6-4-8-16(12-14)21-2/h4,6,8,12,15H,3,5,7,9-11,13H2,1-2H3,(H2,18,19,20). The number of nitrogens with zero attached hydrogens (tertiary/aromatic N) is 1. The molecule has 0 amide bonds. The Labute approximate surface area is 128 Å². The second-order valence-corrected chi connectivity index (χ2v) is 5.54. The van der Waals surface area contributed by atoms with E-state index in [2.05, 4.69) is 34.7 Å². The van der Waals surface area contributed by atoms with Crippen LogP contribution in [-0.2, 0) is 6.42 Å². The summed E-state index contributed by atoms with van der Waals surface area (Å²) < 4.78 is 5.25. The lowest BCUT2D eigenvalue weighted by Crippen LogP contribution is -2.38. The molecule has 0 aromatic heterocycles. The number of ether oxygens (including phenoxy) is 1. The summed E-state index contributed by atoms with van der Waals surface area (Å²) in [7, 11) is 1.71. The molecule has 2 rings (SSSR count). The van der Waals surface area contributed by atoms with Crippen molar-refractivity contribution < 1.29 is 4.74 Å². The third-order valence-electron chi connectivity index (χ3n) is 3.62. The summed E-state index contributed by atoms with van der Waals surface area (Å²) in [6.07, 6.45) is 4.82. The zero-order chi connectivity index (χ0) is 14.9. The minimum atomic E-state index is 0.831. The molecule has 1 saturated carbocycles. The van der Waals surface area contributed by atoms with Crippen molar-refractivity contribution in [3.63, 3.8) is 0 Å². The Morgan fingerprint density at radius 1 is 1.33 bits per heavy atom. The molecule has 0 saturated heterocycles. The topological polar surface area (TPSA) is 45.7 Å². The molecule has 4 heteroatoms. The highest BCUT2D eigenvalue weighted by Crippen LogP contribution is 2.28. The fourth-order valence-electron chi connectivity index (χ4n) is 2.19. The van der Waals surface area contributed by atoms with Crippen molar-refractivity contribution in [3.05, 3.63) is 29.8 Å². The lowest BCUT2D eigenvalue weighted by molar-refractivity contribution is 0.414. The number of benzene rings is 1. The third kappa shape index (κ3) is 6.06. The van der Waals surface area contributed by atoms with E-state index in [0.717, 1.165) is 50.1 Å². The maximum atomic E-state index is 5.25. The number of guanidine groups is 1. The summed E-state index contributed by atoms with van der Waals surface area (Å²) in [6, 6.07) is 8.28. The molecule has 2 N–H and O–H groups in total. The van der Waals surface area contributed by atoms with E-state index in [-0.39, 0.29) is 0 Å². The van der Waals surface area contributed by atoms with Crippen LogP contribution < -0.4 is 15.4 Å². The van der Waals surface area contributed by atoms with E-state index >= 15 is 0 Å². The highest BCUT2D eigenvalue weighted by molar-refractivity contribution is 5.79. The summed E-state index contributed by atoms with van der Waals surface area (Å²) >= 11 is 0. The van der Waals surface area contributed by atoms with Gasteiger partial charge in [0.1, 0.15) is 5.75 Å². The molecule has 116 valence electrons. The SMILES string of the molecule is CCNC(=NCC1CC1)NCCCc1cccc(OC)c1. The van der Waals surface area contributed by atoms with E-state index < -0.39 is 0 Å². The molecule has 0 radical (unpaired) electrons. The van der Waals surface area contributed by atoms with Gasteiger partial charge in [-0.05, 0) is 56.2 Å². The quantitative estimate of drug-likeness (QED) is 0.439. The maximum Gasteiger partial charge on any atom is 0.191 e.